The molecule has 0 aliphatic carbocycles. The Bertz CT molecular complexity index is 1240. The fourth-order valence-corrected chi connectivity index (χ4v) is 4.12. The van der Waals surface area contributed by atoms with Gasteiger partial charge in [-0.1, -0.05) is 19.1 Å². The lowest BCUT2D eigenvalue weighted by molar-refractivity contribution is 0.0312. The molecule has 0 fully saturated rings. The van der Waals surface area contributed by atoms with Crippen LogP contribution in [0, 0.1) is 11.7 Å². The monoisotopic (exact) mass is 493 g/mol. The molecule has 9 nitrogen and oxygen atoms in total. The highest BCUT2D eigenvalue weighted by Crippen LogP contribution is 2.30. The number of halogens is 1. The molecule has 0 saturated heterocycles. The van der Waals surface area contributed by atoms with Crippen molar-refractivity contribution in [3.63, 3.8) is 0 Å². The minimum atomic E-state index is -0.598. The van der Waals surface area contributed by atoms with Gasteiger partial charge in [-0.25, -0.2) is 19.3 Å². The second-order valence-electron chi connectivity index (χ2n) is 8.99. The molecule has 188 valence electrons. The first-order chi connectivity index (χ1) is 17.3. The van der Waals surface area contributed by atoms with E-state index in [4.69, 9.17) is 4.74 Å². The Hall–Kier alpha value is -3.92. The number of ether oxygens (including phenoxy) is 1. The summed E-state index contributed by atoms with van der Waals surface area (Å²) in [4.78, 5) is 41.9. The van der Waals surface area contributed by atoms with Gasteiger partial charge in [-0.2, -0.15) is 0 Å². The molecule has 3 heterocycles. The molecule has 1 aliphatic rings. The van der Waals surface area contributed by atoms with Gasteiger partial charge in [-0.05, 0) is 25.1 Å². The van der Waals surface area contributed by atoms with E-state index in [1.807, 2.05) is 6.92 Å². The minimum Gasteiger partial charge on any atom is -0.472 e. The van der Waals surface area contributed by atoms with Crippen LogP contribution in [0.4, 0.5) is 4.39 Å². The number of likely N-dealkylation sites (N-methyl/N-ethyl adjacent to an activating group) is 1. The Balaban J connectivity index is 1.68. The van der Waals surface area contributed by atoms with Gasteiger partial charge >= 0.3 is 0 Å². The number of hydrogen-bond donors (Lipinski definition) is 1. The smallest absolute Gasteiger partial charge is 0.259 e. The Labute approximate surface area is 208 Å². The fourth-order valence-electron chi connectivity index (χ4n) is 4.12. The van der Waals surface area contributed by atoms with Crippen LogP contribution < -0.4 is 4.74 Å². The van der Waals surface area contributed by atoms with Crippen LogP contribution in [0.5, 0.6) is 5.88 Å². The third-order valence-corrected chi connectivity index (χ3v) is 6.32. The lowest BCUT2D eigenvalue weighted by atomic mass is 9.99. The van der Waals surface area contributed by atoms with Gasteiger partial charge in [-0.3, -0.25) is 9.59 Å². The van der Waals surface area contributed by atoms with Gasteiger partial charge in [0.25, 0.3) is 11.8 Å². The summed E-state index contributed by atoms with van der Waals surface area (Å²) in [6.45, 7) is 3.87. The maximum absolute atomic E-state index is 14.2. The van der Waals surface area contributed by atoms with Crippen molar-refractivity contribution in [2.24, 2.45) is 5.92 Å². The van der Waals surface area contributed by atoms with Crippen LogP contribution in [-0.4, -0.2) is 80.6 Å². The van der Waals surface area contributed by atoms with Crippen molar-refractivity contribution < 1.29 is 23.8 Å². The molecule has 36 heavy (non-hydrogen) atoms. The second kappa shape index (κ2) is 10.8. The van der Waals surface area contributed by atoms with E-state index in [1.54, 1.807) is 49.6 Å². The molecule has 0 saturated carbocycles. The SMILES string of the molecule is C[C@H](CO)N1C[C@H](C)[C@H](CN(C)C(=O)c2ccccc2F)Oc2ncc(-c3cncnc3)cc2C1=O. The Morgan fingerprint density at radius 1 is 1.25 bits per heavy atom. The van der Waals surface area contributed by atoms with E-state index in [9.17, 15) is 19.1 Å². The van der Waals surface area contributed by atoms with E-state index in [2.05, 4.69) is 15.0 Å². The van der Waals surface area contributed by atoms with Gasteiger partial charge in [0.1, 0.15) is 23.8 Å². The van der Waals surface area contributed by atoms with Crippen molar-refractivity contribution in [2.75, 3.05) is 26.7 Å². The van der Waals surface area contributed by atoms with Gasteiger partial charge in [0.15, 0.2) is 0 Å². The summed E-state index contributed by atoms with van der Waals surface area (Å²) >= 11 is 0. The van der Waals surface area contributed by atoms with Crippen LogP contribution >= 0.6 is 0 Å². The molecule has 0 radical (unpaired) electrons. The normalized spacial score (nSPS) is 18.5. The number of aliphatic hydroxyl groups is 1. The Kier molecular flexibility index (Phi) is 7.54. The predicted octanol–water partition coefficient (Wildman–Crippen LogP) is 2.67. The van der Waals surface area contributed by atoms with E-state index in [1.165, 1.54) is 29.4 Å². The number of rotatable bonds is 6. The molecule has 1 aliphatic heterocycles. The van der Waals surface area contributed by atoms with Crippen molar-refractivity contribution >= 4 is 11.8 Å². The summed E-state index contributed by atoms with van der Waals surface area (Å²) < 4.78 is 20.4. The first-order valence-corrected chi connectivity index (χ1v) is 11.6. The van der Waals surface area contributed by atoms with Crippen LogP contribution in [0.15, 0.2) is 55.2 Å². The van der Waals surface area contributed by atoms with Gasteiger partial charge in [0.05, 0.1) is 24.8 Å². The fraction of sp³-hybridized carbons (Fsp3) is 0.346. The second-order valence-corrected chi connectivity index (χ2v) is 8.99. The van der Waals surface area contributed by atoms with Crippen LogP contribution in [0.2, 0.25) is 0 Å². The van der Waals surface area contributed by atoms with Crippen molar-refractivity contribution in [3.8, 4) is 17.0 Å². The lowest BCUT2D eigenvalue weighted by Gasteiger charge is -2.37. The zero-order valence-corrected chi connectivity index (χ0v) is 20.3. The average molecular weight is 494 g/mol. The number of pyridine rings is 1. The van der Waals surface area contributed by atoms with Crippen molar-refractivity contribution in [1.82, 2.24) is 24.8 Å². The standard InChI is InChI=1S/C26H28FN5O4/c1-16-12-32(17(2)14-33)26(35)21-8-18(19-9-28-15-29-10-19)11-30-24(21)36-23(16)13-31(3)25(34)20-6-4-5-7-22(20)27/h4-11,15-17,23,33H,12-14H2,1-3H3/t16-,17+,23-/m0/s1. The number of amides is 2. The number of aromatic nitrogens is 3. The van der Waals surface area contributed by atoms with Crippen LogP contribution in [0.1, 0.15) is 34.6 Å². The van der Waals surface area contributed by atoms with Crippen molar-refractivity contribution in [2.45, 2.75) is 26.0 Å². The third kappa shape index (κ3) is 5.18. The number of aliphatic hydroxyl groups excluding tert-OH is 1. The van der Waals surface area contributed by atoms with Crippen LogP contribution in [-0.2, 0) is 0 Å². The van der Waals surface area contributed by atoms with E-state index < -0.39 is 23.9 Å². The maximum Gasteiger partial charge on any atom is 0.259 e. The molecule has 3 atom stereocenters. The van der Waals surface area contributed by atoms with Gasteiger partial charge < -0.3 is 19.6 Å². The summed E-state index contributed by atoms with van der Waals surface area (Å²) in [7, 11) is 1.58. The van der Waals surface area contributed by atoms with Gasteiger partial charge in [0, 0.05) is 49.2 Å². The summed E-state index contributed by atoms with van der Waals surface area (Å²) in [6.07, 6.45) is 5.67. The Morgan fingerprint density at radius 2 is 1.97 bits per heavy atom. The summed E-state index contributed by atoms with van der Waals surface area (Å²) in [6, 6.07) is 7.03. The quantitative estimate of drug-likeness (QED) is 0.562. The largest absolute Gasteiger partial charge is 0.472 e. The summed E-state index contributed by atoms with van der Waals surface area (Å²) in [5, 5.41) is 9.82. The Morgan fingerprint density at radius 3 is 2.67 bits per heavy atom. The molecule has 0 unspecified atom stereocenters. The van der Waals surface area contributed by atoms with E-state index in [-0.39, 0.29) is 48.5 Å². The maximum atomic E-state index is 14.2. The molecule has 3 aromatic rings. The topological polar surface area (TPSA) is 109 Å². The van der Waals surface area contributed by atoms with Gasteiger partial charge in [0.2, 0.25) is 5.88 Å². The lowest BCUT2D eigenvalue weighted by Crippen LogP contribution is -2.50. The zero-order chi connectivity index (χ0) is 25.8. The van der Waals surface area contributed by atoms with Crippen molar-refractivity contribution in [1.29, 1.82) is 0 Å². The van der Waals surface area contributed by atoms with Crippen LogP contribution in [0.3, 0.4) is 0 Å². The first kappa shape index (κ1) is 25.2. The molecule has 2 amide bonds. The van der Waals surface area contributed by atoms with Crippen molar-refractivity contribution in [3.05, 3.63) is 72.2 Å². The van der Waals surface area contributed by atoms with E-state index in [0.29, 0.717) is 11.1 Å². The molecule has 0 bridgehead atoms. The summed E-state index contributed by atoms with van der Waals surface area (Å²) in [5.41, 5.74) is 1.53. The number of hydrogen-bond acceptors (Lipinski definition) is 7. The minimum absolute atomic E-state index is 0.0301. The number of nitrogens with zero attached hydrogens (tertiary/aromatic N) is 5. The zero-order valence-electron chi connectivity index (χ0n) is 20.3. The number of benzene rings is 1. The first-order valence-electron chi connectivity index (χ1n) is 11.6. The highest BCUT2D eigenvalue weighted by Gasteiger charge is 2.35. The third-order valence-electron chi connectivity index (χ3n) is 6.32. The predicted molar refractivity (Wildman–Crippen MR) is 130 cm³/mol. The van der Waals surface area contributed by atoms with Crippen LogP contribution in [0.25, 0.3) is 11.1 Å². The highest BCUT2D eigenvalue weighted by molar-refractivity contribution is 5.98. The number of carbonyl (C=O) groups excluding carboxylic acids is 2. The molecule has 0 spiro atoms. The molecule has 1 aromatic carbocycles. The molecule has 1 N–H and O–H groups in total. The van der Waals surface area contributed by atoms with Gasteiger partial charge in [-0.15, -0.1) is 0 Å². The molecule has 10 heteroatoms. The van der Waals surface area contributed by atoms with E-state index in [0.717, 1.165) is 0 Å². The number of fused-ring (bicyclic) bond motifs is 1. The molecular weight excluding hydrogens is 465 g/mol. The average Bonchev–Trinajstić information content (AvgIpc) is 2.90. The molecule has 4 rings (SSSR count). The van der Waals surface area contributed by atoms with E-state index >= 15 is 0 Å². The number of carbonyl (C=O) groups is 2. The highest BCUT2D eigenvalue weighted by atomic mass is 19.1. The molecular formula is C26H28FN5O4. The molecule has 2 aromatic heterocycles. The summed E-state index contributed by atoms with van der Waals surface area (Å²) in [5.74, 6) is -1.50.